The molecule has 9 heteroatoms. The number of hydrogen-bond acceptors (Lipinski definition) is 8. The molecule has 136 valence electrons. The summed E-state index contributed by atoms with van der Waals surface area (Å²) >= 11 is 0. The summed E-state index contributed by atoms with van der Waals surface area (Å²) in [6.07, 6.45) is 1.27. The summed E-state index contributed by atoms with van der Waals surface area (Å²) in [5.41, 5.74) is 2.00. The fraction of sp³-hybridized carbons (Fsp3) is 0.111. The van der Waals surface area contributed by atoms with E-state index >= 15 is 0 Å². The topological polar surface area (TPSA) is 111 Å². The number of hydrogen-bond donors (Lipinski definition) is 2. The van der Waals surface area contributed by atoms with Gasteiger partial charge in [-0.1, -0.05) is 18.2 Å². The number of aromatic nitrogens is 2. The Labute approximate surface area is 154 Å². The minimum Gasteiger partial charge on any atom is -0.454 e. The number of nitrogens with zero attached hydrogens (tertiary/aromatic N) is 3. The van der Waals surface area contributed by atoms with E-state index in [1.807, 2.05) is 31.2 Å². The summed E-state index contributed by atoms with van der Waals surface area (Å²) in [6.45, 7) is 2.05. The molecule has 0 saturated heterocycles. The summed E-state index contributed by atoms with van der Waals surface area (Å²) in [6, 6.07) is 12.6. The van der Waals surface area contributed by atoms with Crippen LogP contribution in [0.4, 0.5) is 28.7 Å². The lowest BCUT2D eigenvalue weighted by molar-refractivity contribution is -0.383. The summed E-state index contributed by atoms with van der Waals surface area (Å²) < 4.78 is 10.6. The van der Waals surface area contributed by atoms with Crippen LogP contribution in [0.1, 0.15) is 5.56 Å². The van der Waals surface area contributed by atoms with Crippen molar-refractivity contribution >= 4 is 28.7 Å². The quantitative estimate of drug-likeness (QED) is 0.517. The predicted octanol–water partition coefficient (Wildman–Crippen LogP) is 3.91. The van der Waals surface area contributed by atoms with E-state index in [4.69, 9.17) is 9.47 Å². The van der Waals surface area contributed by atoms with Crippen LogP contribution in [0.2, 0.25) is 0 Å². The van der Waals surface area contributed by atoms with Crippen LogP contribution in [0.3, 0.4) is 0 Å². The minimum absolute atomic E-state index is 0.0740. The monoisotopic (exact) mass is 365 g/mol. The lowest BCUT2D eigenvalue weighted by Crippen LogP contribution is -2.06. The Morgan fingerprint density at radius 3 is 2.56 bits per heavy atom. The zero-order valence-corrected chi connectivity index (χ0v) is 14.3. The van der Waals surface area contributed by atoms with Crippen molar-refractivity contribution in [3.63, 3.8) is 0 Å². The first-order valence-electron chi connectivity index (χ1n) is 8.10. The predicted molar refractivity (Wildman–Crippen MR) is 99.0 cm³/mol. The number of ether oxygens (including phenoxy) is 2. The van der Waals surface area contributed by atoms with Crippen molar-refractivity contribution in [1.82, 2.24) is 9.97 Å². The lowest BCUT2D eigenvalue weighted by atomic mass is 10.2. The van der Waals surface area contributed by atoms with Gasteiger partial charge in [-0.25, -0.2) is 9.97 Å². The van der Waals surface area contributed by atoms with Gasteiger partial charge in [0.15, 0.2) is 11.5 Å². The second-order valence-electron chi connectivity index (χ2n) is 5.81. The molecule has 0 radical (unpaired) electrons. The van der Waals surface area contributed by atoms with Gasteiger partial charge >= 0.3 is 5.69 Å². The molecule has 1 aliphatic heterocycles. The van der Waals surface area contributed by atoms with Crippen molar-refractivity contribution in [3.05, 3.63) is 64.5 Å². The van der Waals surface area contributed by atoms with E-state index < -0.39 is 4.92 Å². The number of fused-ring (bicyclic) bond motifs is 1. The first-order valence-corrected chi connectivity index (χ1v) is 8.10. The number of nitro groups is 1. The molecule has 0 unspecified atom stereocenters. The summed E-state index contributed by atoms with van der Waals surface area (Å²) in [5.74, 6) is 1.37. The highest BCUT2D eigenvalue weighted by Crippen LogP contribution is 2.37. The van der Waals surface area contributed by atoms with Gasteiger partial charge in [0.2, 0.25) is 18.4 Å². The number of benzene rings is 2. The van der Waals surface area contributed by atoms with Crippen LogP contribution in [-0.4, -0.2) is 21.7 Å². The molecule has 9 nitrogen and oxygen atoms in total. The highest BCUT2D eigenvalue weighted by atomic mass is 16.7. The van der Waals surface area contributed by atoms with Crippen LogP contribution in [0.15, 0.2) is 48.8 Å². The summed E-state index contributed by atoms with van der Waals surface area (Å²) in [7, 11) is 0. The second kappa shape index (κ2) is 6.79. The molecule has 1 aliphatic rings. The second-order valence-corrected chi connectivity index (χ2v) is 5.81. The van der Waals surface area contributed by atoms with Crippen LogP contribution in [0.25, 0.3) is 0 Å². The van der Waals surface area contributed by atoms with Gasteiger partial charge in [0.25, 0.3) is 0 Å². The van der Waals surface area contributed by atoms with Gasteiger partial charge in [0.1, 0.15) is 6.33 Å². The fourth-order valence-electron chi connectivity index (χ4n) is 2.69. The molecule has 0 aliphatic carbocycles. The maximum atomic E-state index is 11.7. The Morgan fingerprint density at radius 2 is 1.78 bits per heavy atom. The minimum atomic E-state index is -0.518. The van der Waals surface area contributed by atoms with Gasteiger partial charge in [-0.15, -0.1) is 0 Å². The number of anilines is 4. The molecule has 0 fully saturated rings. The Balaban J connectivity index is 1.69. The molecular formula is C18H15N5O4. The Bertz CT molecular complexity index is 1020. The zero-order valence-electron chi connectivity index (χ0n) is 14.3. The Hall–Kier alpha value is -3.88. The van der Waals surface area contributed by atoms with E-state index in [-0.39, 0.29) is 24.1 Å². The van der Waals surface area contributed by atoms with E-state index in [1.54, 1.807) is 18.2 Å². The molecule has 0 saturated carbocycles. The molecule has 0 atom stereocenters. The molecule has 0 spiro atoms. The fourth-order valence-corrected chi connectivity index (χ4v) is 2.69. The maximum absolute atomic E-state index is 11.7. The molecule has 4 rings (SSSR count). The molecule has 27 heavy (non-hydrogen) atoms. The van der Waals surface area contributed by atoms with Gasteiger partial charge in [0.05, 0.1) is 4.92 Å². The van der Waals surface area contributed by atoms with E-state index in [0.29, 0.717) is 17.2 Å². The van der Waals surface area contributed by atoms with E-state index in [0.717, 1.165) is 11.3 Å². The molecule has 2 aromatic carbocycles. The molecule has 2 N–H and O–H groups in total. The Morgan fingerprint density at radius 1 is 1.04 bits per heavy atom. The first kappa shape index (κ1) is 16.6. The first-order chi connectivity index (χ1) is 13.1. The van der Waals surface area contributed by atoms with Crippen LogP contribution in [-0.2, 0) is 0 Å². The number of aryl methyl sites for hydroxylation is 1. The van der Waals surface area contributed by atoms with Gasteiger partial charge in [-0.05, 0) is 30.7 Å². The van der Waals surface area contributed by atoms with E-state index in [1.165, 1.54) is 6.33 Å². The van der Waals surface area contributed by atoms with Crippen LogP contribution < -0.4 is 20.1 Å². The Kier molecular flexibility index (Phi) is 4.17. The standard InChI is InChI=1S/C18H15N5O4/c1-11-4-2-3-5-13(11)22-18-16(23(24)25)17(19-9-20-18)21-12-6-7-14-15(8-12)27-10-26-14/h2-9H,10H2,1H3,(H2,19,20,21,22). The maximum Gasteiger partial charge on any atom is 0.353 e. The number of rotatable bonds is 5. The van der Waals surface area contributed by atoms with E-state index in [2.05, 4.69) is 20.6 Å². The average Bonchev–Trinajstić information content (AvgIpc) is 3.11. The number of nitrogens with one attached hydrogen (secondary N) is 2. The normalized spacial score (nSPS) is 11.9. The van der Waals surface area contributed by atoms with Gasteiger partial charge in [0, 0.05) is 17.4 Å². The van der Waals surface area contributed by atoms with Crippen molar-refractivity contribution in [2.75, 3.05) is 17.4 Å². The van der Waals surface area contributed by atoms with Crippen molar-refractivity contribution in [1.29, 1.82) is 0 Å². The third-order valence-electron chi connectivity index (χ3n) is 4.04. The molecule has 2 heterocycles. The summed E-state index contributed by atoms with van der Waals surface area (Å²) in [4.78, 5) is 19.3. The molecule has 3 aromatic rings. The van der Waals surface area contributed by atoms with E-state index in [9.17, 15) is 10.1 Å². The van der Waals surface area contributed by atoms with Gasteiger partial charge < -0.3 is 20.1 Å². The van der Waals surface area contributed by atoms with Gasteiger partial charge in [-0.2, -0.15) is 0 Å². The SMILES string of the molecule is Cc1ccccc1Nc1ncnc(Nc2ccc3c(c2)OCO3)c1[N+](=O)[O-]. The largest absolute Gasteiger partial charge is 0.454 e. The third kappa shape index (κ3) is 3.30. The molecule has 1 aromatic heterocycles. The molecule has 0 bridgehead atoms. The van der Waals surface area contributed by atoms with Crippen molar-refractivity contribution in [2.45, 2.75) is 6.92 Å². The van der Waals surface area contributed by atoms with Crippen molar-refractivity contribution in [2.24, 2.45) is 0 Å². The zero-order chi connectivity index (χ0) is 18.8. The number of para-hydroxylation sites is 1. The highest BCUT2D eigenvalue weighted by molar-refractivity contribution is 5.77. The molecular weight excluding hydrogens is 350 g/mol. The summed E-state index contributed by atoms with van der Waals surface area (Å²) in [5, 5.41) is 17.7. The van der Waals surface area contributed by atoms with Crippen molar-refractivity contribution in [3.8, 4) is 11.5 Å². The average molecular weight is 365 g/mol. The lowest BCUT2D eigenvalue weighted by Gasteiger charge is -2.11. The molecule has 0 amide bonds. The highest BCUT2D eigenvalue weighted by Gasteiger charge is 2.24. The van der Waals surface area contributed by atoms with Crippen LogP contribution >= 0.6 is 0 Å². The third-order valence-corrected chi connectivity index (χ3v) is 4.04. The van der Waals surface area contributed by atoms with Crippen LogP contribution in [0.5, 0.6) is 11.5 Å². The van der Waals surface area contributed by atoms with Gasteiger partial charge in [-0.3, -0.25) is 10.1 Å². The smallest absolute Gasteiger partial charge is 0.353 e. The van der Waals surface area contributed by atoms with Crippen LogP contribution in [0, 0.1) is 17.0 Å². The van der Waals surface area contributed by atoms with Crippen molar-refractivity contribution < 1.29 is 14.4 Å².